The van der Waals surface area contributed by atoms with Crippen LogP contribution in [0.1, 0.15) is 76.6 Å². The SMILES string of the molecule is CCC(NC)c1nc(C2CCC(C)(C)CC2)no1. The molecule has 0 saturated heterocycles. The molecule has 0 amide bonds. The third kappa shape index (κ3) is 2.91. The minimum atomic E-state index is 0.186. The van der Waals surface area contributed by atoms with Crippen molar-refractivity contribution in [2.75, 3.05) is 7.05 Å². The molecule has 1 unspecified atom stereocenters. The van der Waals surface area contributed by atoms with Gasteiger partial charge < -0.3 is 9.84 Å². The van der Waals surface area contributed by atoms with Crippen LogP contribution < -0.4 is 5.32 Å². The lowest BCUT2D eigenvalue weighted by Gasteiger charge is -2.32. The topological polar surface area (TPSA) is 51.0 Å². The van der Waals surface area contributed by atoms with Gasteiger partial charge in [-0.15, -0.1) is 0 Å². The van der Waals surface area contributed by atoms with Crippen molar-refractivity contribution in [1.29, 1.82) is 0 Å². The zero-order valence-corrected chi connectivity index (χ0v) is 12.0. The number of hydrogen-bond donors (Lipinski definition) is 1. The molecule has 1 aromatic rings. The maximum absolute atomic E-state index is 5.39. The molecule has 1 aliphatic rings. The Kier molecular flexibility index (Phi) is 4.05. The van der Waals surface area contributed by atoms with Gasteiger partial charge in [-0.2, -0.15) is 4.98 Å². The highest BCUT2D eigenvalue weighted by Gasteiger charge is 2.30. The van der Waals surface area contributed by atoms with Crippen LogP contribution in [0.5, 0.6) is 0 Å². The lowest BCUT2D eigenvalue weighted by atomic mass is 9.73. The van der Waals surface area contributed by atoms with Crippen LogP contribution >= 0.6 is 0 Å². The molecule has 0 radical (unpaired) electrons. The summed E-state index contributed by atoms with van der Waals surface area (Å²) >= 11 is 0. The summed E-state index contributed by atoms with van der Waals surface area (Å²) in [5.41, 5.74) is 0.486. The lowest BCUT2D eigenvalue weighted by Crippen LogP contribution is -2.21. The Morgan fingerprint density at radius 1 is 1.39 bits per heavy atom. The fourth-order valence-corrected chi connectivity index (χ4v) is 2.71. The normalized spacial score (nSPS) is 22.0. The molecule has 102 valence electrons. The molecule has 4 heteroatoms. The zero-order chi connectivity index (χ0) is 13.2. The second-order valence-electron chi connectivity index (χ2n) is 6.18. The summed E-state index contributed by atoms with van der Waals surface area (Å²) in [4.78, 5) is 4.58. The molecule has 1 heterocycles. The maximum atomic E-state index is 5.39. The second-order valence-corrected chi connectivity index (χ2v) is 6.18. The maximum Gasteiger partial charge on any atom is 0.243 e. The van der Waals surface area contributed by atoms with E-state index in [1.165, 1.54) is 25.7 Å². The largest absolute Gasteiger partial charge is 0.338 e. The van der Waals surface area contributed by atoms with E-state index in [0.29, 0.717) is 11.3 Å². The average molecular weight is 251 g/mol. The Morgan fingerprint density at radius 2 is 2.06 bits per heavy atom. The highest BCUT2D eigenvalue weighted by molar-refractivity contribution is 5.01. The average Bonchev–Trinajstić information content (AvgIpc) is 2.80. The summed E-state index contributed by atoms with van der Waals surface area (Å²) in [5, 5.41) is 7.38. The highest BCUT2D eigenvalue weighted by atomic mass is 16.5. The molecule has 0 aliphatic heterocycles. The summed E-state index contributed by atoms with van der Waals surface area (Å²) in [6.45, 7) is 6.81. The zero-order valence-electron chi connectivity index (χ0n) is 12.0. The van der Waals surface area contributed by atoms with Crippen molar-refractivity contribution in [3.05, 3.63) is 11.7 Å². The third-order valence-corrected chi connectivity index (χ3v) is 4.22. The van der Waals surface area contributed by atoms with E-state index >= 15 is 0 Å². The van der Waals surface area contributed by atoms with Gasteiger partial charge in [-0.3, -0.25) is 0 Å². The molecule has 18 heavy (non-hydrogen) atoms. The predicted molar refractivity (Wildman–Crippen MR) is 71.4 cm³/mol. The van der Waals surface area contributed by atoms with E-state index in [1.54, 1.807) is 0 Å². The van der Waals surface area contributed by atoms with Gasteiger partial charge in [-0.1, -0.05) is 25.9 Å². The van der Waals surface area contributed by atoms with Crippen LogP contribution in [0, 0.1) is 5.41 Å². The Hall–Kier alpha value is -0.900. The minimum Gasteiger partial charge on any atom is -0.338 e. The first kappa shape index (κ1) is 13.5. The fraction of sp³-hybridized carbons (Fsp3) is 0.857. The summed E-state index contributed by atoms with van der Waals surface area (Å²) in [5.74, 6) is 2.14. The van der Waals surface area contributed by atoms with Gasteiger partial charge in [0, 0.05) is 5.92 Å². The Bertz CT molecular complexity index is 372. The van der Waals surface area contributed by atoms with Gasteiger partial charge in [-0.05, 0) is 44.6 Å². The van der Waals surface area contributed by atoms with Crippen LogP contribution in [-0.4, -0.2) is 17.2 Å². The molecule has 0 bridgehead atoms. The van der Waals surface area contributed by atoms with E-state index in [1.807, 2.05) is 7.05 Å². The number of nitrogens with one attached hydrogen (secondary N) is 1. The molecule has 2 rings (SSSR count). The Morgan fingerprint density at radius 3 is 2.61 bits per heavy atom. The summed E-state index contributed by atoms with van der Waals surface area (Å²) in [7, 11) is 1.93. The van der Waals surface area contributed by atoms with Crippen LogP contribution in [0.2, 0.25) is 0 Å². The van der Waals surface area contributed by atoms with Crippen LogP contribution in [0.4, 0.5) is 0 Å². The van der Waals surface area contributed by atoms with Gasteiger partial charge in [-0.25, -0.2) is 0 Å². The summed E-state index contributed by atoms with van der Waals surface area (Å²) in [6, 6.07) is 0.186. The van der Waals surface area contributed by atoms with Gasteiger partial charge >= 0.3 is 0 Å². The van der Waals surface area contributed by atoms with Gasteiger partial charge in [0.2, 0.25) is 5.89 Å². The van der Waals surface area contributed by atoms with Crippen molar-refractivity contribution in [2.24, 2.45) is 5.41 Å². The lowest BCUT2D eigenvalue weighted by molar-refractivity contribution is 0.218. The van der Waals surface area contributed by atoms with Crippen LogP contribution in [0.15, 0.2) is 4.52 Å². The van der Waals surface area contributed by atoms with Crippen LogP contribution in [-0.2, 0) is 0 Å². The van der Waals surface area contributed by atoms with Crippen molar-refractivity contribution in [3.8, 4) is 0 Å². The smallest absolute Gasteiger partial charge is 0.243 e. The molecule has 1 atom stereocenters. The first-order valence-corrected chi connectivity index (χ1v) is 7.06. The van der Waals surface area contributed by atoms with Crippen molar-refractivity contribution in [3.63, 3.8) is 0 Å². The first-order valence-electron chi connectivity index (χ1n) is 7.06. The van der Waals surface area contributed by atoms with Gasteiger partial charge in [0.25, 0.3) is 0 Å². The van der Waals surface area contributed by atoms with E-state index in [9.17, 15) is 0 Å². The fourth-order valence-electron chi connectivity index (χ4n) is 2.71. The third-order valence-electron chi connectivity index (χ3n) is 4.22. The van der Waals surface area contributed by atoms with E-state index < -0.39 is 0 Å². The molecule has 1 N–H and O–H groups in total. The number of aromatic nitrogens is 2. The van der Waals surface area contributed by atoms with Gasteiger partial charge in [0.15, 0.2) is 5.82 Å². The van der Waals surface area contributed by atoms with Gasteiger partial charge in [0.1, 0.15) is 0 Å². The van der Waals surface area contributed by atoms with Crippen molar-refractivity contribution in [2.45, 2.75) is 64.8 Å². The van der Waals surface area contributed by atoms with Crippen LogP contribution in [0.3, 0.4) is 0 Å². The number of nitrogens with zero attached hydrogens (tertiary/aromatic N) is 2. The summed E-state index contributed by atoms with van der Waals surface area (Å²) in [6.07, 6.45) is 5.84. The van der Waals surface area contributed by atoms with Crippen molar-refractivity contribution >= 4 is 0 Å². The number of rotatable bonds is 4. The highest BCUT2D eigenvalue weighted by Crippen LogP contribution is 2.41. The minimum absolute atomic E-state index is 0.186. The van der Waals surface area contributed by atoms with E-state index in [-0.39, 0.29) is 6.04 Å². The number of hydrogen-bond acceptors (Lipinski definition) is 4. The quantitative estimate of drug-likeness (QED) is 0.890. The molecule has 0 spiro atoms. The standard InChI is InChI=1S/C14H25N3O/c1-5-11(15-4)13-16-12(17-18-13)10-6-8-14(2,3)9-7-10/h10-11,15H,5-9H2,1-4H3. The Labute approximate surface area is 110 Å². The van der Waals surface area contributed by atoms with E-state index in [4.69, 9.17) is 4.52 Å². The predicted octanol–water partition coefficient (Wildman–Crippen LogP) is 3.42. The van der Waals surface area contributed by atoms with E-state index in [0.717, 1.165) is 18.1 Å². The molecule has 1 aromatic heterocycles. The van der Waals surface area contributed by atoms with Gasteiger partial charge in [0.05, 0.1) is 6.04 Å². The molecule has 1 aliphatic carbocycles. The summed E-state index contributed by atoms with van der Waals surface area (Å²) < 4.78 is 5.39. The second kappa shape index (κ2) is 5.39. The molecule has 1 fully saturated rings. The molecule has 0 aromatic carbocycles. The first-order chi connectivity index (χ1) is 8.55. The molecular formula is C14H25N3O. The molecule has 4 nitrogen and oxygen atoms in total. The monoisotopic (exact) mass is 251 g/mol. The Balaban J connectivity index is 2.02. The molecular weight excluding hydrogens is 226 g/mol. The van der Waals surface area contributed by atoms with Crippen molar-refractivity contribution in [1.82, 2.24) is 15.5 Å². The van der Waals surface area contributed by atoms with E-state index in [2.05, 4.69) is 36.2 Å². The van der Waals surface area contributed by atoms with Crippen molar-refractivity contribution < 1.29 is 4.52 Å². The molecule has 1 saturated carbocycles. The van der Waals surface area contributed by atoms with Crippen LogP contribution in [0.25, 0.3) is 0 Å².